The Bertz CT molecular complexity index is 423. The van der Waals surface area contributed by atoms with Crippen molar-refractivity contribution in [3.05, 3.63) is 35.6 Å². The molecular formula is C16H25FN2O. The lowest BCUT2D eigenvalue weighted by Gasteiger charge is -2.42. The van der Waals surface area contributed by atoms with E-state index in [-0.39, 0.29) is 29.9 Å². The number of hydrogen-bond acceptors (Lipinski definition) is 3. The fourth-order valence-electron chi connectivity index (χ4n) is 3.03. The van der Waals surface area contributed by atoms with E-state index in [0.29, 0.717) is 0 Å². The Balaban J connectivity index is 2.21. The Morgan fingerprint density at radius 2 is 2.05 bits per heavy atom. The van der Waals surface area contributed by atoms with Gasteiger partial charge in [-0.1, -0.05) is 26.0 Å². The molecule has 20 heavy (non-hydrogen) atoms. The van der Waals surface area contributed by atoms with Crippen LogP contribution in [-0.4, -0.2) is 35.2 Å². The van der Waals surface area contributed by atoms with Gasteiger partial charge in [0.05, 0.1) is 6.10 Å². The van der Waals surface area contributed by atoms with Crippen LogP contribution in [0, 0.1) is 11.7 Å². The van der Waals surface area contributed by atoms with E-state index in [9.17, 15) is 9.50 Å². The Labute approximate surface area is 120 Å². The molecule has 0 amide bonds. The van der Waals surface area contributed by atoms with Crippen LogP contribution in [0.1, 0.15) is 38.3 Å². The molecule has 1 aromatic carbocycles. The molecule has 1 aliphatic rings. The van der Waals surface area contributed by atoms with Gasteiger partial charge in [-0.05, 0) is 36.5 Å². The summed E-state index contributed by atoms with van der Waals surface area (Å²) >= 11 is 0. The number of aliphatic hydroxyl groups excluding tert-OH is 1. The maximum atomic E-state index is 13.1. The van der Waals surface area contributed by atoms with Crippen molar-refractivity contribution in [2.45, 2.75) is 44.9 Å². The summed E-state index contributed by atoms with van der Waals surface area (Å²) in [7, 11) is 0. The summed E-state index contributed by atoms with van der Waals surface area (Å²) in [6, 6.07) is 6.74. The second-order valence-corrected chi connectivity index (χ2v) is 5.90. The van der Waals surface area contributed by atoms with Crippen LogP contribution < -0.4 is 5.73 Å². The zero-order valence-electron chi connectivity index (χ0n) is 12.3. The molecule has 112 valence electrons. The predicted molar refractivity (Wildman–Crippen MR) is 78.8 cm³/mol. The van der Waals surface area contributed by atoms with Crippen molar-refractivity contribution < 1.29 is 9.50 Å². The predicted octanol–water partition coefficient (Wildman–Crippen LogP) is 2.31. The van der Waals surface area contributed by atoms with Crippen LogP contribution >= 0.6 is 0 Å². The quantitative estimate of drug-likeness (QED) is 0.890. The van der Waals surface area contributed by atoms with Gasteiger partial charge in [0.2, 0.25) is 0 Å². The number of piperidine rings is 1. The van der Waals surface area contributed by atoms with Crippen molar-refractivity contribution in [1.82, 2.24) is 4.90 Å². The molecule has 3 N–H and O–H groups in total. The summed E-state index contributed by atoms with van der Waals surface area (Å²) in [5, 5.41) is 9.87. The largest absolute Gasteiger partial charge is 0.393 e. The first-order valence-electron chi connectivity index (χ1n) is 7.46. The van der Waals surface area contributed by atoms with Gasteiger partial charge in [-0.3, -0.25) is 4.90 Å². The first-order valence-corrected chi connectivity index (χ1v) is 7.46. The highest BCUT2D eigenvalue weighted by Gasteiger charge is 2.32. The van der Waals surface area contributed by atoms with Crippen LogP contribution in [0.25, 0.3) is 0 Å². The summed E-state index contributed by atoms with van der Waals surface area (Å²) in [4.78, 5) is 2.33. The molecular weight excluding hydrogens is 255 g/mol. The van der Waals surface area contributed by atoms with Crippen molar-refractivity contribution in [3.8, 4) is 0 Å². The van der Waals surface area contributed by atoms with Crippen LogP contribution in [0.3, 0.4) is 0 Å². The molecule has 1 aliphatic heterocycles. The summed E-state index contributed by atoms with van der Waals surface area (Å²) in [6.07, 6.45) is 1.42. The monoisotopic (exact) mass is 280 g/mol. The Morgan fingerprint density at radius 1 is 1.40 bits per heavy atom. The molecule has 1 fully saturated rings. The summed E-state index contributed by atoms with van der Waals surface area (Å²) in [5.41, 5.74) is 7.36. The number of aliphatic hydroxyl groups is 1. The molecule has 0 aromatic heterocycles. The third-order valence-corrected chi connectivity index (χ3v) is 4.37. The first-order chi connectivity index (χ1) is 9.52. The third-order valence-electron chi connectivity index (χ3n) is 4.37. The fraction of sp³-hybridized carbons (Fsp3) is 0.625. The molecule has 0 aliphatic carbocycles. The Morgan fingerprint density at radius 3 is 2.60 bits per heavy atom. The molecule has 0 spiro atoms. The smallest absolute Gasteiger partial charge is 0.123 e. The van der Waals surface area contributed by atoms with Crippen molar-refractivity contribution in [3.63, 3.8) is 0 Å². The summed E-state index contributed by atoms with van der Waals surface area (Å²) in [5.74, 6) is 0.0239. The van der Waals surface area contributed by atoms with Gasteiger partial charge in [0.1, 0.15) is 5.82 Å². The molecule has 0 saturated carbocycles. The number of hydrogen-bond donors (Lipinski definition) is 2. The molecule has 1 saturated heterocycles. The highest BCUT2D eigenvalue weighted by atomic mass is 19.1. The molecule has 0 radical (unpaired) electrons. The van der Waals surface area contributed by atoms with E-state index in [0.717, 1.165) is 31.5 Å². The van der Waals surface area contributed by atoms with Crippen molar-refractivity contribution in [1.29, 1.82) is 0 Å². The maximum absolute atomic E-state index is 13.1. The fourth-order valence-corrected chi connectivity index (χ4v) is 3.03. The van der Waals surface area contributed by atoms with E-state index in [1.54, 1.807) is 0 Å². The number of rotatable bonds is 4. The minimum absolute atomic E-state index is 0.0166. The molecule has 4 heteroatoms. The van der Waals surface area contributed by atoms with Crippen LogP contribution in [0.15, 0.2) is 24.3 Å². The van der Waals surface area contributed by atoms with Crippen LogP contribution in [0.5, 0.6) is 0 Å². The highest BCUT2D eigenvalue weighted by Crippen LogP contribution is 2.30. The highest BCUT2D eigenvalue weighted by molar-refractivity contribution is 5.22. The number of halogens is 1. The molecule has 3 nitrogen and oxygen atoms in total. The number of nitrogens with two attached hydrogens (primary N) is 1. The van der Waals surface area contributed by atoms with Crippen LogP contribution in [0.4, 0.5) is 4.39 Å². The normalized spacial score (nSPS) is 27.2. The van der Waals surface area contributed by atoms with Gasteiger partial charge < -0.3 is 10.8 Å². The minimum Gasteiger partial charge on any atom is -0.393 e. The number of nitrogens with zero attached hydrogens (tertiary/aromatic N) is 1. The molecule has 4 atom stereocenters. The molecule has 1 aromatic rings. The Kier molecular flexibility index (Phi) is 5.13. The zero-order valence-corrected chi connectivity index (χ0v) is 12.3. The molecule has 0 bridgehead atoms. The second kappa shape index (κ2) is 6.66. The van der Waals surface area contributed by atoms with E-state index >= 15 is 0 Å². The molecule has 2 rings (SSSR count). The van der Waals surface area contributed by atoms with Gasteiger partial charge in [0.25, 0.3) is 0 Å². The third kappa shape index (κ3) is 3.37. The average molecular weight is 280 g/mol. The van der Waals surface area contributed by atoms with E-state index < -0.39 is 0 Å². The van der Waals surface area contributed by atoms with Crippen LogP contribution in [-0.2, 0) is 0 Å². The summed E-state index contributed by atoms with van der Waals surface area (Å²) in [6.45, 7) is 5.80. The molecule has 4 unspecified atom stereocenters. The molecule has 1 heterocycles. The number of benzene rings is 1. The van der Waals surface area contributed by atoms with Crippen LogP contribution in [0.2, 0.25) is 0 Å². The van der Waals surface area contributed by atoms with E-state index in [1.165, 1.54) is 12.1 Å². The number of likely N-dealkylation sites (tertiary alicyclic amines) is 1. The maximum Gasteiger partial charge on any atom is 0.123 e. The van der Waals surface area contributed by atoms with Gasteiger partial charge in [-0.25, -0.2) is 4.39 Å². The van der Waals surface area contributed by atoms with Gasteiger partial charge in [0, 0.05) is 25.2 Å². The first kappa shape index (κ1) is 15.4. The SMILES string of the molecule is CCC(N)C(c1ccc(F)cc1)N1CCC(O)C(C)C1. The van der Waals surface area contributed by atoms with Gasteiger partial charge in [0.15, 0.2) is 0 Å². The summed E-state index contributed by atoms with van der Waals surface area (Å²) < 4.78 is 13.1. The minimum atomic E-state index is -0.224. The van der Waals surface area contributed by atoms with Gasteiger partial charge >= 0.3 is 0 Å². The van der Waals surface area contributed by atoms with E-state index in [1.807, 2.05) is 12.1 Å². The van der Waals surface area contributed by atoms with Crippen molar-refractivity contribution in [2.24, 2.45) is 11.7 Å². The lowest BCUT2D eigenvalue weighted by atomic mass is 9.90. The topological polar surface area (TPSA) is 49.5 Å². The lowest BCUT2D eigenvalue weighted by Crippen LogP contribution is -2.48. The second-order valence-electron chi connectivity index (χ2n) is 5.90. The van der Waals surface area contributed by atoms with Crippen molar-refractivity contribution >= 4 is 0 Å². The van der Waals surface area contributed by atoms with E-state index in [4.69, 9.17) is 5.73 Å². The zero-order chi connectivity index (χ0) is 14.7. The standard InChI is InChI=1S/C16H25FN2O/c1-3-14(18)16(12-4-6-13(17)7-5-12)19-9-8-15(20)11(2)10-19/h4-7,11,14-16,20H,3,8-10,18H2,1-2H3. The average Bonchev–Trinajstić information content (AvgIpc) is 2.45. The Hall–Kier alpha value is -0.970. The van der Waals surface area contributed by atoms with Gasteiger partial charge in [-0.15, -0.1) is 0 Å². The lowest BCUT2D eigenvalue weighted by molar-refractivity contribution is 0.0112. The van der Waals surface area contributed by atoms with Gasteiger partial charge in [-0.2, -0.15) is 0 Å². The van der Waals surface area contributed by atoms with Crippen molar-refractivity contribution in [2.75, 3.05) is 13.1 Å². The van der Waals surface area contributed by atoms with E-state index in [2.05, 4.69) is 18.7 Å².